The molecular formula is C8H15N5O2. The predicted octanol–water partition coefficient (Wildman–Crippen LogP) is -0.564. The quantitative estimate of drug-likeness (QED) is 0.235. The number of oxime groups is 2. The number of nitrogens with two attached hydrogens (primary N) is 1. The molecule has 0 radical (unpaired) electrons. The summed E-state index contributed by atoms with van der Waals surface area (Å²) in [7, 11) is 0. The van der Waals surface area contributed by atoms with Crippen LogP contribution in [0.2, 0.25) is 0 Å². The normalized spacial score (nSPS) is 31.8. The van der Waals surface area contributed by atoms with Crippen LogP contribution in [0.25, 0.3) is 0 Å². The summed E-state index contributed by atoms with van der Waals surface area (Å²) in [5.41, 5.74) is 7.31. The SMILES string of the molecule is NC1(C(=NO)N2CCCCC2)C=NON1. The van der Waals surface area contributed by atoms with Gasteiger partial charge >= 0.3 is 0 Å². The first-order valence-electron chi connectivity index (χ1n) is 5.00. The number of likely N-dealkylation sites (tertiary alicyclic amines) is 1. The van der Waals surface area contributed by atoms with Crippen molar-refractivity contribution in [2.24, 2.45) is 16.0 Å². The summed E-state index contributed by atoms with van der Waals surface area (Å²) in [5, 5.41) is 15.8. The van der Waals surface area contributed by atoms with Crippen LogP contribution in [0.3, 0.4) is 0 Å². The van der Waals surface area contributed by atoms with E-state index in [-0.39, 0.29) is 0 Å². The molecule has 0 amide bonds. The molecule has 84 valence electrons. The first-order chi connectivity index (χ1) is 7.26. The monoisotopic (exact) mass is 213 g/mol. The van der Waals surface area contributed by atoms with Gasteiger partial charge in [0.25, 0.3) is 0 Å². The molecule has 0 aromatic rings. The Balaban J connectivity index is 2.12. The van der Waals surface area contributed by atoms with Gasteiger partial charge in [0.05, 0.1) is 6.21 Å². The molecule has 2 aliphatic heterocycles. The highest BCUT2D eigenvalue weighted by molar-refractivity contribution is 6.05. The van der Waals surface area contributed by atoms with E-state index >= 15 is 0 Å². The van der Waals surface area contributed by atoms with Gasteiger partial charge in [-0.05, 0) is 19.3 Å². The molecule has 1 atom stereocenters. The van der Waals surface area contributed by atoms with Crippen LogP contribution in [-0.2, 0) is 4.94 Å². The number of amidine groups is 1. The van der Waals surface area contributed by atoms with E-state index in [1.54, 1.807) is 0 Å². The third-order valence-corrected chi connectivity index (χ3v) is 2.64. The Hall–Kier alpha value is -1.34. The van der Waals surface area contributed by atoms with Crippen molar-refractivity contribution in [3.63, 3.8) is 0 Å². The lowest BCUT2D eigenvalue weighted by molar-refractivity contribution is 0.0452. The molecule has 2 heterocycles. The van der Waals surface area contributed by atoms with Crippen molar-refractivity contribution in [1.29, 1.82) is 0 Å². The van der Waals surface area contributed by atoms with Gasteiger partial charge in [0.15, 0.2) is 5.84 Å². The number of nitrogens with one attached hydrogen (secondary N) is 1. The molecule has 0 saturated carbocycles. The Labute approximate surface area is 87.5 Å². The molecule has 7 heteroatoms. The summed E-state index contributed by atoms with van der Waals surface area (Å²) in [4.78, 5) is 6.55. The third kappa shape index (κ3) is 1.88. The smallest absolute Gasteiger partial charge is 0.203 e. The summed E-state index contributed by atoms with van der Waals surface area (Å²) in [5.74, 6) is 0.350. The van der Waals surface area contributed by atoms with Crippen LogP contribution < -0.4 is 11.2 Å². The van der Waals surface area contributed by atoms with Gasteiger partial charge in [-0.25, -0.2) is 0 Å². The number of nitrogens with zero attached hydrogens (tertiary/aromatic N) is 3. The standard InChI is InChI=1S/C8H15N5O2/c9-8(6-10-15-12-8)7(11-14)13-4-2-1-3-5-13/h6,12,14H,1-5,9H2. The Morgan fingerprint density at radius 1 is 1.53 bits per heavy atom. The van der Waals surface area contributed by atoms with E-state index in [2.05, 4.69) is 20.7 Å². The van der Waals surface area contributed by atoms with Gasteiger partial charge in [-0.1, -0.05) is 15.8 Å². The lowest BCUT2D eigenvalue weighted by Crippen LogP contribution is -2.63. The molecule has 4 N–H and O–H groups in total. The molecule has 0 aliphatic carbocycles. The van der Waals surface area contributed by atoms with Crippen molar-refractivity contribution in [1.82, 2.24) is 10.4 Å². The summed E-state index contributed by atoms with van der Waals surface area (Å²) < 4.78 is 0. The predicted molar refractivity (Wildman–Crippen MR) is 54.3 cm³/mol. The van der Waals surface area contributed by atoms with Crippen molar-refractivity contribution in [2.45, 2.75) is 24.9 Å². The van der Waals surface area contributed by atoms with Gasteiger partial charge in [0.1, 0.15) is 0 Å². The zero-order valence-corrected chi connectivity index (χ0v) is 8.39. The molecule has 15 heavy (non-hydrogen) atoms. The molecule has 2 aliphatic rings. The number of rotatable bonds is 1. The topological polar surface area (TPSA) is 95.5 Å². The summed E-state index contributed by atoms with van der Waals surface area (Å²) in [6.45, 7) is 1.68. The summed E-state index contributed by atoms with van der Waals surface area (Å²) in [6, 6.07) is 0. The first-order valence-corrected chi connectivity index (χ1v) is 5.00. The Bertz CT molecular complexity index is 287. The maximum atomic E-state index is 9.01. The zero-order valence-electron chi connectivity index (χ0n) is 8.39. The van der Waals surface area contributed by atoms with Crippen molar-refractivity contribution < 1.29 is 10.1 Å². The maximum Gasteiger partial charge on any atom is 0.203 e. The van der Waals surface area contributed by atoms with Crippen molar-refractivity contribution in [3.05, 3.63) is 0 Å². The average molecular weight is 213 g/mol. The van der Waals surface area contributed by atoms with E-state index in [1.807, 2.05) is 4.90 Å². The van der Waals surface area contributed by atoms with E-state index in [1.165, 1.54) is 12.6 Å². The molecule has 0 bridgehead atoms. The van der Waals surface area contributed by atoms with E-state index in [0.29, 0.717) is 5.84 Å². The van der Waals surface area contributed by atoms with Gasteiger partial charge < -0.3 is 10.1 Å². The second kappa shape index (κ2) is 4.03. The first kappa shape index (κ1) is 10.2. The summed E-state index contributed by atoms with van der Waals surface area (Å²) >= 11 is 0. The van der Waals surface area contributed by atoms with Crippen LogP contribution >= 0.6 is 0 Å². The highest BCUT2D eigenvalue weighted by Crippen LogP contribution is 2.14. The molecule has 1 unspecified atom stereocenters. The van der Waals surface area contributed by atoms with Gasteiger partial charge in [-0.2, -0.15) is 0 Å². The minimum Gasteiger partial charge on any atom is -0.409 e. The van der Waals surface area contributed by atoms with E-state index in [0.717, 1.165) is 25.9 Å². The Morgan fingerprint density at radius 2 is 2.27 bits per heavy atom. The molecule has 0 aromatic heterocycles. The fourth-order valence-electron chi connectivity index (χ4n) is 1.85. The molecule has 7 nitrogen and oxygen atoms in total. The number of hydrogen-bond acceptors (Lipinski definition) is 6. The number of hydroxylamine groups is 1. The largest absolute Gasteiger partial charge is 0.409 e. The number of hydrogen-bond donors (Lipinski definition) is 3. The lowest BCUT2D eigenvalue weighted by Gasteiger charge is -2.33. The van der Waals surface area contributed by atoms with Gasteiger partial charge in [-0.3, -0.25) is 10.7 Å². The van der Waals surface area contributed by atoms with Crippen molar-refractivity contribution in [3.8, 4) is 0 Å². The average Bonchev–Trinajstić information content (AvgIpc) is 2.68. The fraction of sp³-hybridized carbons (Fsp3) is 0.750. The van der Waals surface area contributed by atoms with Gasteiger partial charge in [0.2, 0.25) is 5.66 Å². The third-order valence-electron chi connectivity index (χ3n) is 2.64. The van der Waals surface area contributed by atoms with Gasteiger partial charge in [-0.15, -0.1) is 0 Å². The van der Waals surface area contributed by atoms with Crippen LogP contribution in [0.15, 0.2) is 10.3 Å². The molecular weight excluding hydrogens is 198 g/mol. The van der Waals surface area contributed by atoms with Crippen LogP contribution in [-0.4, -0.2) is 40.9 Å². The fourth-order valence-corrected chi connectivity index (χ4v) is 1.85. The van der Waals surface area contributed by atoms with Crippen LogP contribution in [0.1, 0.15) is 19.3 Å². The zero-order chi connectivity index (χ0) is 10.7. The molecule has 0 spiro atoms. The van der Waals surface area contributed by atoms with E-state index < -0.39 is 5.66 Å². The molecule has 2 rings (SSSR count). The maximum absolute atomic E-state index is 9.01. The molecule has 1 fully saturated rings. The van der Waals surface area contributed by atoms with Crippen LogP contribution in [0.5, 0.6) is 0 Å². The highest BCUT2D eigenvalue weighted by Gasteiger charge is 2.39. The van der Waals surface area contributed by atoms with Crippen LogP contribution in [0.4, 0.5) is 0 Å². The van der Waals surface area contributed by atoms with Crippen LogP contribution in [0, 0.1) is 0 Å². The second-order valence-electron chi connectivity index (χ2n) is 3.77. The van der Waals surface area contributed by atoms with Crippen molar-refractivity contribution in [2.75, 3.05) is 13.1 Å². The van der Waals surface area contributed by atoms with Crippen molar-refractivity contribution >= 4 is 12.1 Å². The minimum absolute atomic E-state index is 0.350. The summed E-state index contributed by atoms with van der Waals surface area (Å²) in [6.07, 6.45) is 4.74. The minimum atomic E-state index is -1.12. The Morgan fingerprint density at radius 3 is 2.80 bits per heavy atom. The molecule has 0 aromatic carbocycles. The number of piperidine rings is 1. The van der Waals surface area contributed by atoms with Gasteiger partial charge in [0, 0.05) is 13.1 Å². The second-order valence-corrected chi connectivity index (χ2v) is 3.77. The molecule has 1 saturated heterocycles. The Kier molecular flexibility index (Phi) is 2.74. The van der Waals surface area contributed by atoms with E-state index in [9.17, 15) is 0 Å². The highest BCUT2D eigenvalue weighted by atomic mass is 16.8. The van der Waals surface area contributed by atoms with E-state index in [4.69, 9.17) is 10.9 Å². The lowest BCUT2D eigenvalue weighted by atomic mass is 10.1.